The first kappa shape index (κ1) is 21.9. The van der Waals surface area contributed by atoms with Gasteiger partial charge in [0.25, 0.3) is 0 Å². The van der Waals surface area contributed by atoms with Gasteiger partial charge in [0.1, 0.15) is 0 Å². The van der Waals surface area contributed by atoms with Crippen molar-refractivity contribution in [3.63, 3.8) is 0 Å². The Bertz CT molecular complexity index is 853. The third-order valence-corrected chi connectivity index (χ3v) is 6.86. The average Bonchev–Trinajstić information content (AvgIpc) is 3.17. The quantitative estimate of drug-likeness (QED) is 0.649. The molecular weight excluding hydrogens is 430 g/mol. The lowest BCUT2D eigenvalue weighted by atomic mass is 10.1. The van der Waals surface area contributed by atoms with E-state index in [1.807, 2.05) is 36.9 Å². The van der Waals surface area contributed by atoms with Gasteiger partial charge in [-0.2, -0.15) is 0 Å². The molecule has 3 rings (SSSR count). The number of amides is 2. The molecule has 0 bridgehead atoms. The third-order valence-electron chi connectivity index (χ3n) is 4.37. The molecule has 1 fully saturated rings. The van der Waals surface area contributed by atoms with Crippen molar-refractivity contribution in [1.29, 1.82) is 0 Å². The number of aromatic nitrogens is 2. The monoisotopic (exact) mass is 453 g/mol. The van der Waals surface area contributed by atoms with Crippen LogP contribution in [0.25, 0.3) is 0 Å². The van der Waals surface area contributed by atoms with Crippen molar-refractivity contribution in [3.05, 3.63) is 34.9 Å². The zero-order chi connectivity index (χ0) is 20.8. The zero-order valence-electron chi connectivity index (χ0n) is 16.4. The van der Waals surface area contributed by atoms with Crippen molar-refractivity contribution < 1.29 is 9.59 Å². The summed E-state index contributed by atoms with van der Waals surface area (Å²) in [6, 6.07) is 7.58. The smallest absolute Gasteiger partial charge is 0.230 e. The second kappa shape index (κ2) is 10.3. The SMILES string of the molecule is CC(C)NC(=O)CSc1nnc(N2CCN(C(=O)Cc3ccccc3Cl)CC2)s1. The van der Waals surface area contributed by atoms with Crippen molar-refractivity contribution in [2.75, 3.05) is 36.8 Å². The van der Waals surface area contributed by atoms with Gasteiger partial charge in [-0.1, -0.05) is 52.9 Å². The van der Waals surface area contributed by atoms with E-state index in [0.29, 0.717) is 43.4 Å². The second-order valence-corrected chi connectivity index (χ2v) is 9.58. The van der Waals surface area contributed by atoms with E-state index in [9.17, 15) is 9.59 Å². The normalized spacial score (nSPS) is 14.3. The molecule has 0 atom stereocenters. The van der Waals surface area contributed by atoms with Crippen molar-refractivity contribution in [2.45, 2.75) is 30.6 Å². The molecule has 7 nitrogen and oxygen atoms in total. The number of hydrogen-bond donors (Lipinski definition) is 1. The molecule has 1 N–H and O–H groups in total. The fourth-order valence-corrected chi connectivity index (χ4v) is 4.85. The molecule has 2 aromatic rings. The maximum Gasteiger partial charge on any atom is 0.230 e. The largest absolute Gasteiger partial charge is 0.353 e. The van der Waals surface area contributed by atoms with Crippen LogP contribution >= 0.6 is 34.7 Å². The summed E-state index contributed by atoms with van der Waals surface area (Å²) < 4.78 is 0.774. The van der Waals surface area contributed by atoms with Crippen molar-refractivity contribution in [1.82, 2.24) is 20.4 Å². The van der Waals surface area contributed by atoms with Crippen LogP contribution in [0.2, 0.25) is 5.02 Å². The minimum atomic E-state index is -0.00704. The minimum Gasteiger partial charge on any atom is -0.353 e. The van der Waals surface area contributed by atoms with Gasteiger partial charge < -0.3 is 15.1 Å². The van der Waals surface area contributed by atoms with Crippen LogP contribution in [0, 0.1) is 0 Å². The van der Waals surface area contributed by atoms with Crippen LogP contribution in [0.5, 0.6) is 0 Å². The topological polar surface area (TPSA) is 78.4 Å². The molecule has 0 unspecified atom stereocenters. The van der Waals surface area contributed by atoms with Gasteiger partial charge in [0, 0.05) is 37.2 Å². The minimum absolute atomic E-state index is 0.00704. The molecule has 1 aliphatic rings. The molecule has 1 aliphatic heterocycles. The molecule has 2 heterocycles. The molecule has 0 radical (unpaired) electrons. The molecule has 1 aromatic heterocycles. The number of halogens is 1. The zero-order valence-corrected chi connectivity index (χ0v) is 18.8. The summed E-state index contributed by atoms with van der Waals surface area (Å²) in [6.45, 7) is 6.57. The first-order valence-electron chi connectivity index (χ1n) is 9.44. The third kappa shape index (κ3) is 6.32. The van der Waals surface area contributed by atoms with E-state index in [-0.39, 0.29) is 17.9 Å². The Morgan fingerprint density at radius 2 is 1.93 bits per heavy atom. The van der Waals surface area contributed by atoms with Gasteiger partial charge in [0.2, 0.25) is 16.9 Å². The summed E-state index contributed by atoms with van der Waals surface area (Å²) >= 11 is 9.04. The van der Waals surface area contributed by atoms with Crippen LogP contribution < -0.4 is 10.2 Å². The summed E-state index contributed by atoms with van der Waals surface area (Å²) in [5.41, 5.74) is 0.855. The lowest BCUT2D eigenvalue weighted by Crippen LogP contribution is -2.49. The van der Waals surface area contributed by atoms with Gasteiger partial charge in [-0.3, -0.25) is 9.59 Å². The summed E-state index contributed by atoms with van der Waals surface area (Å²) in [7, 11) is 0. The van der Waals surface area contributed by atoms with Crippen LogP contribution in [0.15, 0.2) is 28.6 Å². The van der Waals surface area contributed by atoms with Crippen LogP contribution in [-0.2, 0) is 16.0 Å². The van der Waals surface area contributed by atoms with Gasteiger partial charge in [0.05, 0.1) is 12.2 Å². The van der Waals surface area contributed by atoms with E-state index in [1.165, 1.54) is 23.1 Å². The number of rotatable bonds is 7. The number of benzene rings is 1. The summed E-state index contributed by atoms with van der Waals surface area (Å²) in [5.74, 6) is 0.409. The molecule has 0 aliphatic carbocycles. The number of anilines is 1. The number of thioether (sulfide) groups is 1. The standard InChI is InChI=1S/C19H24ClN5O2S2/c1-13(2)21-16(26)12-28-19-23-22-18(29-19)25-9-7-24(8-10-25)17(27)11-14-5-3-4-6-15(14)20/h3-6,13H,7-12H2,1-2H3,(H,21,26). The number of carbonyl (C=O) groups excluding carboxylic acids is 2. The van der Waals surface area contributed by atoms with Crippen molar-refractivity contribution >= 4 is 51.6 Å². The Morgan fingerprint density at radius 1 is 1.21 bits per heavy atom. The summed E-state index contributed by atoms with van der Waals surface area (Å²) in [5, 5.41) is 12.7. The fraction of sp³-hybridized carbons (Fsp3) is 0.474. The van der Waals surface area contributed by atoms with Gasteiger partial charge >= 0.3 is 0 Å². The second-order valence-electron chi connectivity index (χ2n) is 7.00. The first-order chi connectivity index (χ1) is 13.9. The van der Waals surface area contributed by atoms with Gasteiger partial charge in [-0.15, -0.1) is 10.2 Å². The molecule has 0 saturated carbocycles. The van der Waals surface area contributed by atoms with Gasteiger partial charge in [-0.05, 0) is 25.5 Å². The van der Waals surface area contributed by atoms with E-state index in [0.717, 1.165) is 15.0 Å². The van der Waals surface area contributed by atoms with Crippen molar-refractivity contribution in [3.8, 4) is 0 Å². The van der Waals surface area contributed by atoms with Crippen LogP contribution in [0.4, 0.5) is 5.13 Å². The number of nitrogens with zero attached hydrogens (tertiary/aromatic N) is 4. The first-order valence-corrected chi connectivity index (χ1v) is 11.6. The van der Waals surface area contributed by atoms with Crippen molar-refractivity contribution in [2.24, 2.45) is 0 Å². The number of piperazine rings is 1. The molecule has 29 heavy (non-hydrogen) atoms. The Labute approximate surface area is 183 Å². The molecule has 10 heteroatoms. The van der Waals surface area contributed by atoms with E-state index in [4.69, 9.17) is 11.6 Å². The van der Waals surface area contributed by atoms with E-state index >= 15 is 0 Å². The average molecular weight is 454 g/mol. The molecule has 0 spiro atoms. The van der Waals surface area contributed by atoms with Crippen LogP contribution in [-0.4, -0.2) is 64.9 Å². The maximum atomic E-state index is 12.6. The molecule has 156 valence electrons. The predicted octanol–water partition coefficient (Wildman–Crippen LogP) is 2.70. The predicted molar refractivity (Wildman–Crippen MR) is 118 cm³/mol. The van der Waals surface area contributed by atoms with Gasteiger partial charge in [0.15, 0.2) is 4.34 Å². The molecule has 2 amide bonds. The highest BCUT2D eigenvalue weighted by Crippen LogP contribution is 2.28. The highest BCUT2D eigenvalue weighted by molar-refractivity contribution is 8.01. The Hall–Kier alpha value is -1.84. The van der Waals surface area contributed by atoms with Crippen LogP contribution in [0.1, 0.15) is 19.4 Å². The van der Waals surface area contributed by atoms with E-state index in [2.05, 4.69) is 20.4 Å². The summed E-state index contributed by atoms with van der Waals surface area (Å²) in [6.07, 6.45) is 0.317. The maximum absolute atomic E-state index is 12.6. The molecule has 1 saturated heterocycles. The number of hydrogen-bond acceptors (Lipinski definition) is 7. The number of nitrogens with one attached hydrogen (secondary N) is 1. The van der Waals surface area contributed by atoms with Crippen LogP contribution in [0.3, 0.4) is 0 Å². The summed E-state index contributed by atoms with van der Waals surface area (Å²) in [4.78, 5) is 28.3. The fourth-order valence-electron chi connectivity index (χ4n) is 2.94. The van der Waals surface area contributed by atoms with Gasteiger partial charge in [-0.25, -0.2) is 0 Å². The lowest BCUT2D eigenvalue weighted by molar-refractivity contribution is -0.130. The Kier molecular flexibility index (Phi) is 7.74. The Morgan fingerprint density at radius 3 is 2.62 bits per heavy atom. The highest BCUT2D eigenvalue weighted by Gasteiger charge is 2.24. The molecule has 1 aromatic carbocycles. The highest BCUT2D eigenvalue weighted by atomic mass is 35.5. The van der Waals surface area contributed by atoms with E-state index < -0.39 is 0 Å². The lowest BCUT2D eigenvalue weighted by Gasteiger charge is -2.34. The van der Waals surface area contributed by atoms with E-state index in [1.54, 1.807) is 6.07 Å². The Balaban J connectivity index is 1.47. The molecular formula is C19H24ClN5O2S2. The number of carbonyl (C=O) groups is 2.